The Morgan fingerprint density at radius 3 is 2.25 bits per heavy atom. The van der Waals surface area contributed by atoms with E-state index in [1.165, 1.54) is 0 Å². The number of sulfonamides is 1. The van der Waals surface area contributed by atoms with Crippen LogP contribution in [0, 0.1) is 0 Å². The second-order valence-corrected chi connectivity index (χ2v) is 4.27. The SMILES string of the molecule is CS(=O)(=O)NCCI. The van der Waals surface area contributed by atoms with Crippen molar-refractivity contribution in [2.75, 3.05) is 17.2 Å². The van der Waals surface area contributed by atoms with Gasteiger partial charge in [0, 0.05) is 11.0 Å². The molecule has 0 rings (SSSR count). The maximum Gasteiger partial charge on any atom is 0.208 e. The van der Waals surface area contributed by atoms with Gasteiger partial charge in [-0.25, -0.2) is 13.1 Å². The van der Waals surface area contributed by atoms with Crippen LogP contribution in [0.15, 0.2) is 0 Å². The quantitative estimate of drug-likeness (QED) is 0.564. The lowest BCUT2D eigenvalue weighted by atomic mass is 10.8. The molecule has 0 amide bonds. The fourth-order valence-electron chi connectivity index (χ4n) is 0.224. The van der Waals surface area contributed by atoms with Gasteiger partial charge in [-0.3, -0.25) is 0 Å². The van der Waals surface area contributed by atoms with Crippen LogP contribution in [0.5, 0.6) is 0 Å². The van der Waals surface area contributed by atoms with Gasteiger partial charge in [-0.2, -0.15) is 0 Å². The topological polar surface area (TPSA) is 46.2 Å². The molecule has 0 atom stereocenters. The molecule has 5 heteroatoms. The third-order valence-corrected chi connectivity index (χ3v) is 1.73. The summed E-state index contributed by atoms with van der Waals surface area (Å²) in [6.45, 7) is 0.527. The zero-order chi connectivity index (χ0) is 6.62. The molecule has 8 heavy (non-hydrogen) atoms. The van der Waals surface area contributed by atoms with E-state index < -0.39 is 10.0 Å². The average Bonchev–Trinajstić information content (AvgIpc) is 1.59. The summed E-state index contributed by atoms with van der Waals surface area (Å²) in [6.07, 6.45) is 1.15. The van der Waals surface area contributed by atoms with Gasteiger partial charge in [0.25, 0.3) is 0 Å². The van der Waals surface area contributed by atoms with Crippen molar-refractivity contribution in [1.82, 2.24) is 4.72 Å². The molecule has 0 aliphatic rings. The Bertz CT molecular complexity index is 141. The van der Waals surface area contributed by atoms with Crippen LogP contribution in [0.1, 0.15) is 0 Å². The van der Waals surface area contributed by atoms with Gasteiger partial charge in [-0.05, 0) is 0 Å². The number of nitrogens with one attached hydrogen (secondary N) is 1. The summed E-state index contributed by atoms with van der Waals surface area (Å²) in [5.74, 6) is 0. The van der Waals surface area contributed by atoms with Crippen LogP contribution in [0.4, 0.5) is 0 Å². The molecule has 50 valence electrons. The van der Waals surface area contributed by atoms with Gasteiger partial charge in [0.1, 0.15) is 0 Å². The smallest absolute Gasteiger partial charge is 0.208 e. The molecule has 0 aromatic heterocycles. The molecule has 0 spiro atoms. The lowest BCUT2D eigenvalue weighted by molar-refractivity contribution is 0.590. The number of alkyl halides is 1. The summed E-state index contributed by atoms with van der Waals surface area (Å²) in [6, 6.07) is 0. The third-order valence-electron chi connectivity index (χ3n) is 0.459. The minimum absolute atomic E-state index is 0.527. The standard InChI is InChI=1S/C3H8INO2S/c1-8(6,7)5-3-2-4/h5H,2-3H2,1H3. The van der Waals surface area contributed by atoms with Crippen LogP contribution in [0.3, 0.4) is 0 Å². The molecule has 0 saturated heterocycles. The number of hydrogen-bond acceptors (Lipinski definition) is 2. The van der Waals surface area contributed by atoms with Gasteiger partial charge < -0.3 is 0 Å². The minimum atomic E-state index is -2.94. The fraction of sp³-hybridized carbons (Fsp3) is 1.00. The van der Waals surface area contributed by atoms with Crippen molar-refractivity contribution in [3.05, 3.63) is 0 Å². The summed E-state index contributed by atoms with van der Waals surface area (Å²) in [5.41, 5.74) is 0. The van der Waals surface area contributed by atoms with E-state index in [2.05, 4.69) is 27.3 Å². The van der Waals surface area contributed by atoms with Crippen molar-refractivity contribution in [3.8, 4) is 0 Å². The Labute approximate surface area is 63.0 Å². The van der Waals surface area contributed by atoms with Crippen molar-refractivity contribution in [3.63, 3.8) is 0 Å². The van der Waals surface area contributed by atoms with Gasteiger partial charge in [0.05, 0.1) is 6.26 Å². The van der Waals surface area contributed by atoms with Crippen LogP contribution in [0.25, 0.3) is 0 Å². The molecular formula is C3H8INO2S. The first kappa shape index (κ1) is 8.64. The number of hydrogen-bond donors (Lipinski definition) is 1. The van der Waals surface area contributed by atoms with Gasteiger partial charge in [-0.15, -0.1) is 0 Å². The normalized spacial score (nSPS) is 11.8. The lowest BCUT2D eigenvalue weighted by Crippen LogP contribution is -2.23. The molecule has 0 bridgehead atoms. The Morgan fingerprint density at radius 2 is 2.12 bits per heavy atom. The van der Waals surface area contributed by atoms with Gasteiger partial charge in [-0.1, -0.05) is 22.6 Å². The largest absolute Gasteiger partial charge is 0.215 e. The summed E-state index contributed by atoms with van der Waals surface area (Å²) >= 11 is 2.10. The lowest BCUT2D eigenvalue weighted by Gasteiger charge is -1.94. The van der Waals surface area contributed by atoms with Crippen molar-refractivity contribution in [2.24, 2.45) is 0 Å². The highest BCUT2D eigenvalue weighted by molar-refractivity contribution is 14.1. The molecular weight excluding hydrogens is 241 g/mol. The van der Waals surface area contributed by atoms with Crippen LogP contribution in [0.2, 0.25) is 0 Å². The Balaban J connectivity index is 3.42. The molecule has 0 aromatic rings. The van der Waals surface area contributed by atoms with Gasteiger partial charge >= 0.3 is 0 Å². The van der Waals surface area contributed by atoms with E-state index >= 15 is 0 Å². The summed E-state index contributed by atoms with van der Waals surface area (Å²) in [4.78, 5) is 0. The van der Waals surface area contributed by atoms with E-state index in [1.807, 2.05) is 0 Å². The Kier molecular flexibility index (Phi) is 3.91. The third kappa shape index (κ3) is 6.64. The predicted molar refractivity (Wildman–Crippen MR) is 41.7 cm³/mol. The summed E-state index contributed by atoms with van der Waals surface area (Å²) in [5, 5.41) is 0. The first-order valence-corrected chi connectivity index (χ1v) is 5.48. The van der Waals surface area contributed by atoms with Crippen molar-refractivity contribution in [2.45, 2.75) is 0 Å². The fourth-order valence-corrected chi connectivity index (χ4v) is 1.33. The van der Waals surface area contributed by atoms with E-state index in [9.17, 15) is 8.42 Å². The highest BCUT2D eigenvalue weighted by atomic mass is 127. The van der Waals surface area contributed by atoms with Crippen molar-refractivity contribution < 1.29 is 8.42 Å². The zero-order valence-corrected chi connectivity index (χ0v) is 7.49. The second kappa shape index (κ2) is 3.62. The molecule has 1 N–H and O–H groups in total. The van der Waals surface area contributed by atoms with E-state index in [-0.39, 0.29) is 0 Å². The second-order valence-electron chi connectivity index (χ2n) is 1.36. The Hall–Kier alpha value is 0.640. The molecule has 0 aliphatic heterocycles. The first-order chi connectivity index (χ1) is 3.56. The van der Waals surface area contributed by atoms with E-state index in [1.54, 1.807) is 0 Å². The van der Waals surface area contributed by atoms with Crippen molar-refractivity contribution >= 4 is 32.6 Å². The molecule has 0 fully saturated rings. The van der Waals surface area contributed by atoms with E-state index in [0.29, 0.717) is 6.54 Å². The molecule has 0 saturated carbocycles. The molecule has 0 aromatic carbocycles. The number of rotatable bonds is 3. The molecule has 0 heterocycles. The van der Waals surface area contributed by atoms with E-state index in [0.717, 1.165) is 10.7 Å². The van der Waals surface area contributed by atoms with Crippen molar-refractivity contribution in [1.29, 1.82) is 0 Å². The minimum Gasteiger partial charge on any atom is -0.215 e. The molecule has 0 radical (unpaired) electrons. The van der Waals surface area contributed by atoms with Crippen LogP contribution >= 0.6 is 22.6 Å². The molecule has 0 aliphatic carbocycles. The summed E-state index contributed by atoms with van der Waals surface area (Å²) in [7, 11) is -2.94. The monoisotopic (exact) mass is 249 g/mol. The molecule has 0 unspecified atom stereocenters. The van der Waals surface area contributed by atoms with Crippen LogP contribution < -0.4 is 4.72 Å². The van der Waals surface area contributed by atoms with Crippen LogP contribution in [-0.4, -0.2) is 25.6 Å². The average molecular weight is 249 g/mol. The maximum atomic E-state index is 10.3. The first-order valence-electron chi connectivity index (χ1n) is 2.07. The number of halogens is 1. The molecule has 3 nitrogen and oxygen atoms in total. The van der Waals surface area contributed by atoms with Crippen LogP contribution in [-0.2, 0) is 10.0 Å². The predicted octanol–water partition coefficient (Wildman–Crippen LogP) is -0.0294. The van der Waals surface area contributed by atoms with Gasteiger partial charge in [0.2, 0.25) is 10.0 Å². The summed E-state index contributed by atoms with van der Waals surface area (Å²) < 4.78 is 23.7. The van der Waals surface area contributed by atoms with E-state index in [4.69, 9.17) is 0 Å². The zero-order valence-electron chi connectivity index (χ0n) is 4.52. The van der Waals surface area contributed by atoms with Gasteiger partial charge in [0.15, 0.2) is 0 Å². The highest BCUT2D eigenvalue weighted by Gasteiger charge is 1.95. The highest BCUT2D eigenvalue weighted by Crippen LogP contribution is 1.78. The maximum absolute atomic E-state index is 10.3. The Morgan fingerprint density at radius 1 is 1.62 bits per heavy atom.